The van der Waals surface area contributed by atoms with Crippen LogP contribution in [0.1, 0.15) is 562 Å². The largest absolute Gasteiger partial charge is 0.481 e. The standard InChI is InChI=1S/2C39H76N2O5.C34H62F3NO5.C7H15NO2/c2*1-5-7-9-11-13-15-17-19-21-23-25-30-38(43)45-35-33-41(37(42)29-27-28-32-40(3)4)34-36-46-39(44)31-26-24-22-20-18-16-14-12-10-8-6-2;1-3-5-7-9-11-13-15-17-19-21-23-25-31(39)42-29-27-38(33(41)34(35,36)37)28-30-43-32(40)26-24-22-20-18-16-14-12-10-8-6-4-2;1-8(2)6-4-3-5-7(9)10/h2*5-36H2,1-4H3;3-30H2,1-2H3;3-6H2,1-2H3,(H,9,10). The molecule has 0 fully saturated rings. The summed E-state index contributed by atoms with van der Waals surface area (Å²) < 4.78 is 71.1. The topological polar surface area (TPSA) is 266 Å². The molecule has 0 bridgehead atoms. The van der Waals surface area contributed by atoms with Gasteiger partial charge in [-0.25, -0.2) is 0 Å². The predicted molar refractivity (Wildman–Crippen MR) is 593 cm³/mol. The van der Waals surface area contributed by atoms with Gasteiger partial charge in [0.05, 0.1) is 39.3 Å². The van der Waals surface area contributed by atoms with Crippen LogP contribution in [0.2, 0.25) is 0 Å². The molecule has 0 aromatic rings. The summed E-state index contributed by atoms with van der Waals surface area (Å²) in [6, 6.07) is 0. The molecule has 0 atom stereocenters. The number of carbonyl (C=O) groups is 10. The van der Waals surface area contributed by atoms with Crippen molar-refractivity contribution in [1.82, 2.24) is 29.4 Å². The van der Waals surface area contributed by atoms with Gasteiger partial charge in [-0.2, -0.15) is 13.2 Å². The van der Waals surface area contributed by atoms with Crippen LogP contribution < -0.4 is 0 Å². The van der Waals surface area contributed by atoms with Crippen molar-refractivity contribution in [3.8, 4) is 0 Å². The van der Waals surface area contributed by atoms with Gasteiger partial charge in [-0.05, 0) is 139 Å². The highest BCUT2D eigenvalue weighted by Crippen LogP contribution is 2.23. The van der Waals surface area contributed by atoms with E-state index in [-0.39, 0.29) is 88.2 Å². The van der Waals surface area contributed by atoms with Crippen molar-refractivity contribution in [3.63, 3.8) is 0 Å². The first-order valence-corrected chi connectivity index (χ1v) is 60.2. The van der Waals surface area contributed by atoms with E-state index in [1.807, 2.05) is 42.3 Å². The Bertz CT molecular complexity index is 2630. The number of carboxylic acid groups (broad SMARTS) is 1. The Hall–Kier alpha value is -5.63. The molecular weight excluding hydrogens is 1840 g/mol. The van der Waals surface area contributed by atoms with E-state index >= 15 is 0 Å². The molecule has 23 nitrogen and oxygen atoms in total. The van der Waals surface area contributed by atoms with Crippen LogP contribution in [0, 0.1) is 0 Å². The molecular formula is C119H229F3N6O17. The number of carbonyl (C=O) groups excluding carboxylic acids is 9. The van der Waals surface area contributed by atoms with E-state index in [9.17, 15) is 61.1 Å². The number of amides is 3. The maximum absolute atomic E-state index is 13.0. The zero-order valence-electron chi connectivity index (χ0n) is 96.2. The first kappa shape index (κ1) is 146. The fourth-order valence-corrected chi connectivity index (χ4v) is 17.3. The van der Waals surface area contributed by atoms with E-state index < -0.39 is 43.1 Å². The van der Waals surface area contributed by atoms with Crippen LogP contribution in [0.15, 0.2) is 0 Å². The van der Waals surface area contributed by atoms with Crippen molar-refractivity contribution in [1.29, 1.82) is 0 Å². The molecule has 0 heterocycles. The van der Waals surface area contributed by atoms with Crippen LogP contribution in [-0.2, 0) is 76.4 Å². The fourth-order valence-electron chi connectivity index (χ4n) is 17.3. The number of carboxylic acids is 1. The minimum absolute atomic E-state index is 0.0292. The number of hydrogen-bond acceptors (Lipinski definition) is 19. The summed E-state index contributed by atoms with van der Waals surface area (Å²) in [6.07, 6.45) is 83.8. The minimum Gasteiger partial charge on any atom is -0.481 e. The minimum atomic E-state index is -5.06. The van der Waals surface area contributed by atoms with Gasteiger partial charge in [0.2, 0.25) is 11.8 Å². The van der Waals surface area contributed by atoms with Gasteiger partial charge in [-0.3, -0.25) is 47.9 Å². The molecule has 0 aliphatic heterocycles. The van der Waals surface area contributed by atoms with Crippen molar-refractivity contribution in [3.05, 3.63) is 0 Å². The lowest BCUT2D eigenvalue weighted by molar-refractivity contribution is -0.187. The maximum Gasteiger partial charge on any atom is 0.471 e. The molecule has 858 valence electrons. The summed E-state index contributed by atoms with van der Waals surface area (Å²) in [5, 5.41) is 8.27. The van der Waals surface area contributed by atoms with E-state index in [0.29, 0.717) is 88.9 Å². The summed E-state index contributed by atoms with van der Waals surface area (Å²) in [6.45, 7) is 16.9. The van der Waals surface area contributed by atoms with Gasteiger partial charge in [0.25, 0.3) is 0 Å². The molecule has 0 aromatic heterocycles. The number of esters is 6. The molecule has 0 radical (unpaired) electrons. The van der Waals surface area contributed by atoms with E-state index in [2.05, 4.69) is 56.2 Å². The molecule has 0 aliphatic carbocycles. The monoisotopic (exact) mass is 2070 g/mol. The van der Waals surface area contributed by atoms with Crippen molar-refractivity contribution >= 4 is 59.5 Å². The highest BCUT2D eigenvalue weighted by molar-refractivity contribution is 5.82. The second-order valence-electron chi connectivity index (χ2n) is 41.8. The van der Waals surface area contributed by atoms with Gasteiger partial charge < -0.3 is 62.9 Å². The third-order valence-corrected chi connectivity index (χ3v) is 26.6. The van der Waals surface area contributed by atoms with Gasteiger partial charge >= 0.3 is 53.9 Å². The predicted octanol–water partition coefficient (Wildman–Crippen LogP) is 30.7. The summed E-state index contributed by atoms with van der Waals surface area (Å²) in [7, 11) is 12.1. The van der Waals surface area contributed by atoms with Crippen LogP contribution in [0.5, 0.6) is 0 Å². The summed E-state index contributed by atoms with van der Waals surface area (Å²) >= 11 is 0. The Balaban J connectivity index is -0.000000978. The third-order valence-electron chi connectivity index (χ3n) is 26.6. The van der Waals surface area contributed by atoms with Crippen LogP contribution in [0.25, 0.3) is 0 Å². The molecule has 0 saturated heterocycles. The second-order valence-corrected chi connectivity index (χ2v) is 41.8. The zero-order chi connectivity index (χ0) is 108. The number of nitrogens with zero attached hydrogens (tertiary/aromatic N) is 6. The number of ether oxygens (including phenoxy) is 6. The van der Waals surface area contributed by atoms with Gasteiger partial charge in [-0.15, -0.1) is 0 Å². The van der Waals surface area contributed by atoms with Crippen molar-refractivity contribution < 1.29 is 94.6 Å². The Morgan fingerprint density at radius 2 is 0.324 bits per heavy atom. The van der Waals surface area contributed by atoms with E-state index in [4.69, 9.17) is 33.5 Å². The van der Waals surface area contributed by atoms with Crippen LogP contribution in [0.4, 0.5) is 13.2 Å². The lowest BCUT2D eigenvalue weighted by atomic mass is 10.1. The summed E-state index contributed by atoms with van der Waals surface area (Å²) in [5.74, 6) is -4.37. The number of unbranched alkanes of at least 4 members (excludes halogenated alkanes) is 63. The van der Waals surface area contributed by atoms with Gasteiger partial charge in [0.15, 0.2) is 0 Å². The summed E-state index contributed by atoms with van der Waals surface area (Å²) in [5.41, 5.74) is 0. The van der Waals surface area contributed by atoms with Crippen LogP contribution >= 0.6 is 0 Å². The number of halogens is 3. The second kappa shape index (κ2) is 115. The lowest BCUT2D eigenvalue weighted by Gasteiger charge is -2.23. The maximum atomic E-state index is 13.0. The van der Waals surface area contributed by atoms with Gasteiger partial charge in [0.1, 0.15) is 39.6 Å². The highest BCUT2D eigenvalue weighted by atomic mass is 19.4. The summed E-state index contributed by atoms with van der Waals surface area (Å²) in [4.78, 5) is 131. The molecule has 0 saturated carbocycles. The molecule has 0 rings (SSSR count). The fraction of sp³-hybridized carbons (Fsp3) is 0.916. The van der Waals surface area contributed by atoms with Crippen LogP contribution in [0.3, 0.4) is 0 Å². The number of hydrogen-bond donors (Lipinski definition) is 1. The van der Waals surface area contributed by atoms with E-state index in [0.717, 1.165) is 148 Å². The zero-order valence-corrected chi connectivity index (χ0v) is 96.2. The van der Waals surface area contributed by atoms with Gasteiger partial charge in [0, 0.05) is 57.8 Å². The Labute approximate surface area is 887 Å². The van der Waals surface area contributed by atoms with E-state index in [1.165, 1.54) is 321 Å². The van der Waals surface area contributed by atoms with Crippen LogP contribution in [-0.4, -0.2) is 241 Å². The Kier molecular flexibility index (Phi) is 116. The molecule has 0 aromatic carbocycles. The quantitative estimate of drug-likeness (QED) is 0.0337. The molecule has 1 N–H and O–H groups in total. The first-order chi connectivity index (χ1) is 70.1. The molecule has 26 heteroatoms. The first-order valence-electron chi connectivity index (χ1n) is 60.2. The third kappa shape index (κ3) is 118. The average molecular weight is 2070 g/mol. The normalized spacial score (nSPS) is 11.2. The smallest absolute Gasteiger partial charge is 0.471 e. The molecule has 3 amide bonds. The Morgan fingerprint density at radius 1 is 0.186 bits per heavy atom. The molecule has 0 spiro atoms. The highest BCUT2D eigenvalue weighted by Gasteiger charge is 2.42. The number of rotatable bonds is 105. The average Bonchev–Trinajstić information content (AvgIpc) is 0.866. The SMILES string of the molecule is CCCCCCCCCCCCCC(=O)OCCN(CCOC(=O)CCCCCCCCCCCCC)C(=O)C(F)(F)F.CCCCCCCCCCCCCC(=O)OCCN(CCOC(=O)CCCCCCCCCCCCC)C(=O)CCCCN(C)C.CCCCCCCCCCCCCC(=O)OCCN(CCOC(=O)CCCCCCCCCCCCC)C(=O)CCCCN(C)C.CN(C)CCCCC(=O)O. The molecule has 0 aliphatic rings. The number of aliphatic carboxylic acids is 1. The van der Waals surface area contributed by atoms with Crippen molar-refractivity contribution in [2.24, 2.45) is 0 Å². The van der Waals surface area contributed by atoms with E-state index in [1.54, 1.807) is 9.80 Å². The molecule has 0 unspecified atom stereocenters. The van der Waals surface area contributed by atoms with Gasteiger partial charge in [-0.1, -0.05) is 427 Å². The lowest BCUT2D eigenvalue weighted by Crippen LogP contribution is -2.44. The molecule has 145 heavy (non-hydrogen) atoms. The van der Waals surface area contributed by atoms with Crippen molar-refractivity contribution in [2.75, 3.05) is 141 Å². The Morgan fingerprint density at radius 3 is 0.469 bits per heavy atom. The number of alkyl halides is 3. The van der Waals surface area contributed by atoms with Crippen molar-refractivity contribution in [2.45, 2.75) is 568 Å².